The molecule has 0 saturated heterocycles. The summed E-state index contributed by atoms with van der Waals surface area (Å²) in [7, 11) is 0. The third kappa shape index (κ3) is 2.63. The lowest BCUT2D eigenvalue weighted by atomic mass is 9.92. The molecule has 0 aliphatic carbocycles. The predicted molar refractivity (Wildman–Crippen MR) is 115 cm³/mol. The van der Waals surface area contributed by atoms with E-state index < -0.39 is 0 Å². The molecule has 1 heterocycles. The number of aromatic nitrogens is 1. The monoisotopic (exact) mass is 347 g/mol. The van der Waals surface area contributed by atoms with Gasteiger partial charge in [-0.2, -0.15) is 0 Å². The van der Waals surface area contributed by atoms with E-state index in [0.29, 0.717) is 5.92 Å². The van der Waals surface area contributed by atoms with Gasteiger partial charge < -0.3 is 4.57 Å². The van der Waals surface area contributed by atoms with Crippen molar-refractivity contribution in [2.75, 3.05) is 0 Å². The molecule has 1 nitrogen and oxygen atoms in total. The lowest BCUT2D eigenvalue weighted by Crippen LogP contribution is -1.97. The lowest BCUT2D eigenvalue weighted by Gasteiger charge is -2.14. The maximum absolute atomic E-state index is 2.38. The summed E-state index contributed by atoms with van der Waals surface area (Å²) in [6, 6.07) is 37.0. The van der Waals surface area contributed by atoms with Gasteiger partial charge in [0.2, 0.25) is 0 Å². The van der Waals surface area contributed by atoms with Gasteiger partial charge in [0.1, 0.15) is 0 Å². The van der Waals surface area contributed by atoms with Crippen molar-refractivity contribution >= 4 is 21.8 Å². The molecule has 0 aliphatic rings. The molecule has 5 rings (SSSR count). The SMILES string of the molecule is C[C@H](c1ccccc1)c1ccc2c3ccccc3n(-c3ccccc3)c2c1. The Bertz CT molecular complexity index is 1220. The van der Waals surface area contributed by atoms with Crippen molar-refractivity contribution < 1.29 is 0 Å². The van der Waals surface area contributed by atoms with Crippen molar-refractivity contribution in [3.8, 4) is 5.69 Å². The van der Waals surface area contributed by atoms with Crippen molar-refractivity contribution in [1.29, 1.82) is 0 Å². The molecule has 1 heteroatoms. The van der Waals surface area contributed by atoms with E-state index in [9.17, 15) is 0 Å². The zero-order chi connectivity index (χ0) is 18.2. The Morgan fingerprint density at radius 3 is 1.96 bits per heavy atom. The highest BCUT2D eigenvalue weighted by Crippen LogP contribution is 2.34. The van der Waals surface area contributed by atoms with Crippen LogP contribution in [0.25, 0.3) is 27.5 Å². The summed E-state index contributed by atoms with van der Waals surface area (Å²) in [6.07, 6.45) is 0. The molecule has 130 valence electrons. The van der Waals surface area contributed by atoms with Crippen LogP contribution in [0.5, 0.6) is 0 Å². The van der Waals surface area contributed by atoms with E-state index >= 15 is 0 Å². The Morgan fingerprint density at radius 1 is 0.556 bits per heavy atom. The maximum Gasteiger partial charge on any atom is 0.0544 e. The summed E-state index contributed by atoms with van der Waals surface area (Å²) in [5.41, 5.74) is 6.41. The molecule has 0 saturated carbocycles. The molecular weight excluding hydrogens is 326 g/mol. The van der Waals surface area contributed by atoms with Gasteiger partial charge in [0.15, 0.2) is 0 Å². The van der Waals surface area contributed by atoms with E-state index in [-0.39, 0.29) is 0 Å². The van der Waals surface area contributed by atoms with Crippen LogP contribution >= 0.6 is 0 Å². The minimum absolute atomic E-state index is 0.359. The van der Waals surface area contributed by atoms with Gasteiger partial charge in [-0.3, -0.25) is 0 Å². The van der Waals surface area contributed by atoms with Crippen molar-refractivity contribution in [3.63, 3.8) is 0 Å². The third-order valence-electron chi connectivity index (χ3n) is 5.51. The van der Waals surface area contributed by atoms with Gasteiger partial charge in [-0.25, -0.2) is 0 Å². The van der Waals surface area contributed by atoms with Crippen LogP contribution in [0.15, 0.2) is 103 Å². The van der Waals surface area contributed by atoms with E-state index in [1.807, 2.05) is 0 Å². The van der Waals surface area contributed by atoms with E-state index in [1.165, 1.54) is 38.6 Å². The Balaban J connectivity index is 1.78. The Hall–Kier alpha value is -3.32. The highest BCUT2D eigenvalue weighted by molar-refractivity contribution is 6.09. The first-order valence-electron chi connectivity index (χ1n) is 9.46. The molecule has 5 aromatic rings. The minimum Gasteiger partial charge on any atom is -0.309 e. The highest BCUT2D eigenvalue weighted by atomic mass is 15.0. The van der Waals surface area contributed by atoms with Gasteiger partial charge in [0.05, 0.1) is 11.0 Å². The molecule has 4 aromatic carbocycles. The summed E-state index contributed by atoms with van der Waals surface area (Å²) in [5, 5.41) is 2.61. The van der Waals surface area contributed by atoms with Crippen LogP contribution in [-0.4, -0.2) is 4.57 Å². The fourth-order valence-corrected chi connectivity index (χ4v) is 4.05. The standard InChI is InChI=1S/C26H21N/c1-19(20-10-4-2-5-11-20)21-16-17-24-23-14-8-9-15-25(23)27(26(24)18-21)22-12-6-3-7-13-22/h2-19H,1H3/t19-/m1/s1. The molecule has 0 radical (unpaired) electrons. The molecular formula is C26H21N. The first-order valence-corrected chi connectivity index (χ1v) is 9.46. The second kappa shape index (κ2) is 6.44. The number of para-hydroxylation sites is 2. The minimum atomic E-state index is 0.359. The van der Waals surface area contributed by atoms with Crippen LogP contribution in [0.1, 0.15) is 24.0 Å². The van der Waals surface area contributed by atoms with Crippen LogP contribution in [0.2, 0.25) is 0 Å². The fraction of sp³-hybridized carbons (Fsp3) is 0.0769. The van der Waals surface area contributed by atoms with Crippen molar-refractivity contribution in [3.05, 3.63) is 114 Å². The Kier molecular flexibility index (Phi) is 3.79. The Morgan fingerprint density at radius 2 is 1.19 bits per heavy atom. The zero-order valence-corrected chi connectivity index (χ0v) is 15.3. The molecule has 0 spiro atoms. The van der Waals surface area contributed by atoms with E-state index in [2.05, 4.69) is 115 Å². The summed E-state index contributed by atoms with van der Waals surface area (Å²) in [5.74, 6) is 0.359. The van der Waals surface area contributed by atoms with Crippen LogP contribution in [0.4, 0.5) is 0 Å². The third-order valence-corrected chi connectivity index (χ3v) is 5.51. The molecule has 1 aromatic heterocycles. The molecule has 0 unspecified atom stereocenters. The van der Waals surface area contributed by atoms with E-state index in [4.69, 9.17) is 0 Å². The molecule has 0 bridgehead atoms. The molecule has 0 fully saturated rings. The zero-order valence-electron chi connectivity index (χ0n) is 15.3. The number of fused-ring (bicyclic) bond motifs is 3. The average molecular weight is 347 g/mol. The number of rotatable bonds is 3. The summed E-state index contributed by atoms with van der Waals surface area (Å²) in [6.45, 7) is 2.28. The molecule has 0 N–H and O–H groups in total. The van der Waals surface area contributed by atoms with E-state index in [0.717, 1.165) is 0 Å². The first kappa shape index (κ1) is 15.9. The molecule has 27 heavy (non-hydrogen) atoms. The van der Waals surface area contributed by atoms with Crippen LogP contribution in [-0.2, 0) is 0 Å². The van der Waals surface area contributed by atoms with Gasteiger partial charge in [-0.15, -0.1) is 0 Å². The predicted octanol–water partition coefficient (Wildman–Crippen LogP) is 6.94. The second-order valence-corrected chi connectivity index (χ2v) is 7.10. The molecule has 0 aliphatic heterocycles. The van der Waals surface area contributed by atoms with Gasteiger partial charge in [0.25, 0.3) is 0 Å². The van der Waals surface area contributed by atoms with Gasteiger partial charge >= 0.3 is 0 Å². The van der Waals surface area contributed by atoms with Gasteiger partial charge in [-0.05, 0) is 35.4 Å². The van der Waals surface area contributed by atoms with Crippen molar-refractivity contribution in [1.82, 2.24) is 4.57 Å². The van der Waals surface area contributed by atoms with Crippen LogP contribution in [0.3, 0.4) is 0 Å². The second-order valence-electron chi connectivity index (χ2n) is 7.10. The summed E-state index contributed by atoms with van der Waals surface area (Å²) in [4.78, 5) is 0. The fourth-order valence-electron chi connectivity index (χ4n) is 4.05. The van der Waals surface area contributed by atoms with E-state index in [1.54, 1.807) is 0 Å². The van der Waals surface area contributed by atoms with Gasteiger partial charge in [0, 0.05) is 22.4 Å². The van der Waals surface area contributed by atoms with Crippen molar-refractivity contribution in [2.45, 2.75) is 12.8 Å². The first-order chi connectivity index (χ1) is 13.3. The quantitative estimate of drug-likeness (QED) is 0.333. The topological polar surface area (TPSA) is 4.93 Å². The lowest BCUT2D eigenvalue weighted by molar-refractivity contribution is 0.923. The maximum atomic E-state index is 2.38. The summed E-state index contributed by atoms with van der Waals surface area (Å²) >= 11 is 0. The smallest absolute Gasteiger partial charge is 0.0544 e. The Labute approximate surface area is 159 Å². The number of benzene rings is 4. The number of hydrogen-bond acceptors (Lipinski definition) is 0. The number of nitrogens with zero attached hydrogens (tertiary/aromatic N) is 1. The van der Waals surface area contributed by atoms with Crippen LogP contribution in [0, 0.1) is 0 Å². The number of hydrogen-bond donors (Lipinski definition) is 0. The normalized spacial score (nSPS) is 12.5. The highest BCUT2D eigenvalue weighted by Gasteiger charge is 2.15. The summed E-state index contributed by atoms with van der Waals surface area (Å²) < 4.78 is 2.38. The molecule has 1 atom stereocenters. The van der Waals surface area contributed by atoms with Crippen LogP contribution < -0.4 is 0 Å². The largest absolute Gasteiger partial charge is 0.309 e. The average Bonchev–Trinajstić information content (AvgIpc) is 3.08. The molecule has 0 amide bonds. The van der Waals surface area contributed by atoms with Gasteiger partial charge in [-0.1, -0.05) is 85.8 Å². The van der Waals surface area contributed by atoms with Crippen molar-refractivity contribution in [2.24, 2.45) is 0 Å².